The fourth-order valence-electron chi connectivity index (χ4n) is 1.37. The third-order valence-corrected chi connectivity index (χ3v) is 2.32. The van der Waals surface area contributed by atoms with E-state index in [1.807, 2.05) is 0 Å². The lowest BCUT2D eigenvalue weighted by Gasteiger charge is -2.34. The quantitative estimate of drug-likeness (QED) is 0.501. The standard InChI is InChI=1S/C11H24NO2/c1-9(2)7-11(12(4,5)6)8-14-10(3)13/h9,11H,7-8H2,1-6H3/q+1/t11-/m0/s1. The van der Waals surface area contributed by atoms with Crippen molar-refractivity contribution in [3.63, 3.8) is 0 Å². The second-order valence-electron chi connectivity index (χ2n) is 5.20. The molecule has 0 amide bonds. The summed E-state index contributed by atoms with van der Waals surface area (Å²) in [6.45, 7) is 6.37. The van der Waals surface area contributed by atoms with Gasteiger partial charge in [0.1, 0.15) is 12.6 Å². The zero-order chi connectivity index (χ0) is 11.4. The molecule has 3 nitrogen and oxygen atoms in total. The van der Waals surface area contributed by atoms with Gasteiger partial charge in [-0.15, -0.1) is 0 Å². The summed E-state index contributed by atoms with van der Waals surface area (Å²) in [6.07, 6.45) is 1.08. The van der Waals surface area contributed by atoms with Gasteiger partial charge in [-0.3, -0.25) is 4.79 Å². The number of esters is 1. The molecule has 0 rings (SSSR count). The van der Waals surface area contributed by atoms with Gasteiger partial charge in [-0.2, -0.15) is 0 Å². The molecule has 0 N–H and O–H groups in total. The normalized spacial score (nSPS) is 14.2. The van der Waals surface area contributed by atoms with Crippen molar-refractivity contribution in [2.75, 3.05) is 27.7 Å². The van der Waals surface area contributed by atoms with Crippen LogP contribution in [0.4, 0.5) is 0 Å². The molecule has 0 aromatic rings. The number of quaternary nitrogens is 1. The van der Waals surface area contributed by atoms with Gasteiger partial charge in [0.25, 0.3) is 0 Å². The van der Waals surface area contributed by atoms with Crippen molar-refractivity contribution < 1.29 is 14.0 Å². The minimum Gasteiger partial charge on any atom is -0.460 e. The van der Waals surface area contributed by atoms with Gasteiger partial charge >= 0.3 is 5.97 Å². The van der Waals surface area contributed by atoms with E-state index in [1.165, 1.54) is 6.92 Å². The number of hydrogen-bond acceptors (Lipinski definition) is 2. The molecule has 0 aromatic carbocycles. The van der Waals surface area contributed by atoms with E-state index >= 15 is 0 Å². The topological polar surface area (TPSA) is 26.3 Å². The smallest absolute Gasteiger partial charge is 0.302 e. The Bertz CT molecular complexity index is 182. The molecule has 0 aliphatic carbocycles. The van der Waals surface area contributed by atoms with E-state index in [0.29, 0.717) is 18.6 Å². The van der Waals surface area contributed by atoms with Gasteiger partial charge < -0.3 is 9.22 Å². The lowest BCUT2D eigenvalue weighted by atomic mass is 10.0. The first-order chi connectivity index (χ1) is 6.23. The largest absolute Gasteiger partial charge is 0.460 e. The van der Waals surface area contributed by atoms with Crippen molar-refractivity contribution >= 4 is 5.97 Å². The predicted octanol–water partition coefficient (Wildman–Crippen LogP) is 1.67. The first-order valence-electron chi connectivity index (χ1n) is 5.18. The highest BCUT2D eigenvalue weighted by Crippen LogP contribution is 2.14. The van der Waals surface area contributed by atoms with E-state index in [1.54, 1.807) is 0 Å². The summed E-state index contributed by atoms with van der Waals surface area (Å²) in [5.74, 6) is 0.445. The summed E-state index contributed by atoms with van der Waals surface area (Å²) in [5, 5.41) is 0. The maximum absolute atomic E-state index is 10.7. The van der Waals surface area contributed by atoms with Gasteiger partial charge in [-0.1, -0.05) is 13.8 Å². The Labute approximate surface area is 87.6 Å². The molecule has 0 saturated carbocycles. The van der Waals surface area contributed by atoms with E-state index in [9.17, 15) is 4.79 Å². The van der Waals surface area contributed by atoms with Crippen molar-refractivity contribution in [2.24, 2.45) is 5.92 Å². The van der Waals surface area contributed by atoms with Gasteiger partial charge in [0.2, 0.25) is 0 Å². The fraction of sp³-hybridized carbons (Fsp3) is 0.909. The summed E-state index contributed by atoms with van der Waals surface area (Å²) in [4.78, 5) is 10.7. The first kappa shape index (κ1) is 13.4. The van der Waals surface area contributed by atoms with Crippen LogP contribution in [0.25, 0.3) is 0 Å². The van der Waals surface area contributed by atoms with Crippen molar-refractivity contribution in [3.8, 4) is 0 Å². The Morgan fingerprint density at radius 3 is 2.07 bits per heavy atom. The second-order valence-corrected chi connectivity index (χ2v) is 5.20. The molecule has 0 aliphatic heterocycles. The molecule has 0 radical (unpaired) electrons. The summed E-state index contributed by atoms with van der Waals surface area (Å²) in [5.41, 5.74) is 0. The molecule has 0 spiro atoms. The second kappa shape index (κ2) is 5.35. The molecule has 1 atom stereocenters. The minimum absolute atomic E-state index is 0.188. The summed E-state index contributed by atoms with van der Waals surface area (Å²) in [6, 6.07) is 0.388. The first-order valence-corrected chi connectivity index (χ1v) is 5.18. The Morgan fingerprint density at radius 2 is 1.79 bits per heavy atom. The zero-order valence-corrected chi connectivity index (χ0v) is 10.3. The average molecular weight is 202 g/mol. The molecule has 14 heavy (non-hydrogen) atoms. The summed E-state index contributed by atoms with van der Waals surface area (Å²) in [7, 11) is 6.41. The fourth-order valence-corrected chi connectivity index (χ4v) is 1.37. The van der Waals surface area contributed by atoms with Crippen LogP contribution < -0.4 is 0 Å². The molecule has 0 aromatic heterocycles. The van der Waals surface area contributed by atoms with E-state index in [0.717, 1.165) is 10.9 Å². The highest BCUT2D eigenvalue weighted by atomic mass is 16.5. The third kappa shape index (κ3) is 5.97. The predicted molar refractivity (Wildman–Crippen MR) is 57.9 cm³/mol. The van der Waals surface area contributed by atoms with Crippen LogP contribution in [0, 0.1) is 5.92 Å². The van der Waals surface area contributed by atoms with Gasteiger partial charge in [0.05, 0.1) is 21.1 Å². The SMILES string of the molecule is CC(=O)OC[C@H](CC(C)C)[N+](C)(C)C. The monoisotopic (exact) mass is 202 g/mol. The minimum atomic E-state index is -0.188. The molecule has 0 unspecified atom stereocenters. The molecular weight excluding hydrogens is 178 g/mol. The van der Waals surface area contributed by atoms with Crippen LogP contribution in [0.5, 0.6) is 0 Å². The molecule has 0 fully saturated rings. The zero-order valence-electron chi connectivity index (χ0n) is 10.3. The van der Waals surface area contributed by atoms with Crippen molar-refractivity contribution in [3.05, 3.63) is 0 Å². The Balaban J connectivity index is 4.19. The number of hydrogen-bond donors (Lipinski definition) is 0. The maximum Gasteiger partial charge on any atom is 0.302 e. The molecule has 84 valence electrons. The lowest BCUT2D eigenvalue weighted by Crippen LogP contribution is -2.48. The number of carbonyl (C=O) groups is 1. The molecule has 0 saturated heterocycles. The van der Waals surface area contributed by atoms with Crippen LogP contribution >= 0.6 is 0 Å². The van der Waals surface area contributed by atoms with Crippen molar-refractivity contribution in [2.45, 2.75) is 33.2 Å². The number of likely N-dealkylation sites (N-methyl/N-ethyl adjacent to an activating group) is 1. The molecule has 0 aliphatic rings. The van der Waals surface area contributed by atoms with Gasteiger partial charge in [0, 0.05) is 13.3 Å². The number of carbonyl (C=O) groups excluding carboxylic acids is 1. The van der Waals surface area contributed by atoms with E-state index in [4.69, 9.17) is 4.74 Å². The van der Waals surface area contributed by atoms with Crippen LogP contribution in [0.15, 0.2) is 0 Å². The van der Waals surface area contributed by atoms with Crippen LogP contribution in [0.2, 0.25) is 0 Å². The highest BCUT2D eigenvalue weighted by molar-refractivity contribution is 5.65. The van der Waals surface area contributed by atoms with Crippen LogP contribution in [-0.4, -0.2) is 44.2 Å². The van der Waals surface area contributed by atoms with E-state index < -0.39 is 0 Å². The highest BCUT2D eigenvalue weighted by Gasteiger charge is 2.25. The van der Waals surface area contributed by atoms with Gasteiger partial charge in [-0.05, 0) is 5.92 Å². The maximum atomic E-state index is 10.7. The Hall–Kier alpha value is -0.570. The Morgan fingerprint density at radius 1 is 1.29 bits per heavy atom. The molecule has 0 heterocycles. The van der Waals surface area contributed by atoms with Crippen LogP contribution in [-0.2, 0) is 9.53 Å². The summed E-state index contributed by atoms with van der Waals surface area (Å²) < 4.78 is 5.92. The number of nitrogens with zero attached hydrogens (tertiary/aromatic N) is 1. The molecular formula is C11H24NO2+. The van der Waals surface area contributed by atoms with Gasteiger partial charge in [-0.25, -0.2) is 0 Å². The van der Waals surface area contributed by atoms with E-state index in [2.05, 4.69) is 35.0 Å². The lowest BCUT2D eigenvalue weighted by molar-refractivity contribution is -0.897. The Kier molecular flexibility index (Phi) is 5.13. The molecule has 0 bridgehead atoms. The van der Waals surface area contributed by atoms with Gasteiger partial charge in [0.15, 0.2) is 0 Å². The van der Waals surface area contributed by atoms with Crippen LogP contribution in [0.1, 0.15) is 27.2 Å². The molecule has 3 heteroatoms. The van der Waals surface area contributed by atoms with Crippen molar-refractivity contribution in [1.82, 2.24) is 0 Å². The van der Waals surface area contributed by atoms with Crippen molar-refractivity contribution in [1.29, 1.82) is 0 Å². The summed E-state index contributed by atoms with van der Waals surface area (Å²) >= 11 is 0. The average Bonchev–Trinajstić information content (AvgIpc) is 1.94. The number of rotatable bonds is 5. The van der Waals surface area contributed by atoms with Crippen LogP contribution in [0.3, 0.4) is 0 Å². The number of ether oxygens (including phenoxy) is 1. The third-order valence-electron chi connectivity index (χ3n) is 2.32. The van der Waals surface area contributed by atoms with E-state index in [-0.39, 0.29) is 5.97 Å².